The normalized spacial score (nSPS) is 12.3. The molecule has 9 aromatic carbocycles. The number of hydrogen-bond acceptors (Lipinski definition) is 2. The van der Waals surface area contributed by atoms with E-state index in [0.717, 1.165) is 16.9 Å². The number of hydrogen-bond donors (Lipinski definition) is 0. The summed E-state index contributed by atoms with van der Waals surface area (Å²) in [5.41, 5.74) is 11.5. The van der Waals surface area contributed by atoms with Gasteiger partial charge in [-0.3, -0.25) is 0 Å². The van der Waals surface area contributed by atoms with Gasteiger partial charge in [0.2, 0.25) is 0 Å². The molecule has 13 rings (SSSR count). The fraction of sp³-hybridized carbons (Fsp3) is 0. The molecule has 0 spiro atoms. The first kappa shape index (κ1) is 30.2. The van der Waals surface area contributed by atoms with Crippen LogP contribution in [-0.4, -0.2) is 9.13 Å². The van der Waals surface area contributed by atoms with Gasteiger partial charge in [-0.1, -0.05) is 109 Å². The van der Waals surface area contributed by atoms with Crippen molar-refractivity contribution in [2.45, 2.75) is 0 Å². The molecule has 0 N–H and O–H groups in total. The molecule has 13 aromatic rings. The molecular formula is C52H30N2OS. The van der Waals surface area contributed by atoms with Gasteiger partial charge in [0.15, 0.2) is 5.58 Å². The van der Waals surface area contributed by atoms with Crippen LogP contribution in [0.2, 0.25) is 0 Å². The standard InChI is InChI=1S/C52H30N2OS/c1-2-10-32-27-35(20-17-31(32)9-1)53-45-14-6-3-11-37(45)43-28-33(18-25-47(43)53)34-19-26-48-44(29-34)38-12-4-7-15-46(38)54(48)36-21-22-40-42-24-23-41-39-13-5-8-16-49(39)55-51(41)52(42)56-50(40)30-36/h1-30H. The minimum absolute atomic E-state index is 0.936. The van der Waals surface area contributed by atoms with Gasteiger partial charge in [0.05, 0.1) is 26.8 Å². The summed E-state index contributed by atoms with van der Waals surface area (Å²) in [6.45, 7) is 0. The molecule has 4 heteroatoms. The summed E-state index contributed by atoms with van der Waals surface area (Å²) in [5.74, 6) is 0. The summed E-state index contributed by atoms with van der Waals surface area (Å²) in [5, 5.41) is 12.3. The van der Waals surface area contributed by atoms with Gasteiger partial charge in [-0.25, -0.2) is 0 Å². The number of thiophene rings is 1. The van der Waals surface area contributed by atoms with Crippen LogP contribution in [0.1, 0.15) is 0 Å². The summed E-state index contributed by atoms with van der Waals surface area (Å²) in [6, 6.07) is 66.6. The van der Waals surface area contributed by atoms with Gasteiger partial charge in [-0.15, -0.1) is 11.3 Å². The third kappa shape index (κ3) is 4.16. The lowest BCUT2D eigenvalue weighted by Gasteiger charge is -2.10. The number of fused-ring (bicyclic) bond motifs is 14. The van der Waals surface area contributed by atoms with E-state index in [1.165, 1.54) is 102 Å². The van der Waals surface area contributed by atoms with Crippen molar-refractivity contribution in [3.8, 4) is 22.5 Å². The molecule has 0 amide bonds. The van der Waals surface area contributed by atoms with Crippen molar-refractivity contribution in [1.82, 2.24) is 9.13 Å². The second-order valence-electron chi connectivity index (χ2n) is 14.9. The van der Waals surface area contributed by atoms with Crippen LogP contribution in [0.5, 0.6) is 0 Å². The Labute approximate surface area is 324 Å². The molecule has 56 heavy (non-hydrogen) atoms. The van der Waals surface area contributed by atoms with Crippen LogP contribution in [0.4, 0.5) is 0 Å². The lowest BCUT2D eigenvalue weighted by Crippen LogP contribution is -1.94. The smallest absolute Gasteiger partial charge is 0.153 e. The lowest BCUT2D eigenvalue weighted by atomic mass is 10.0. The summed E-state index contributed by atoms with van der Waals surface area (Å²) >= 11 is 1.82. The minimum atomic E-state index is 0.936. The van der Waals surface area contributed by atoms with Crippen LogP contribution in [0, 0.1) is 0 Å². The van der Waals surface area contributed by atoms with E-state index >= 15 is 0 Å². The molecule has 4 aromatic heterocycles. The zero-order valence-electron chi connectivity index (χ0n) is 30.0. The van der Waals surface area contributed by atoms with Crippen molar-refractivity contribution in [3.05, 3.63) is 182 Å². The number of aromatic nitrogens is 2. The lowest BCUT2D eigenvalue weighted by molar-refractivity contribution is 0.673. The molecule has 4 heterocycles. The maximum atomic E-state index is 6.44. The zero-order valence-corrected chi connectivity index (χ0v) is 30.8. The van der Waals surface area contributed by atoms with Gasteiger partial charge in [-0.2, -0.15) is 0 Å². The van der Waals surface area contributed by atoms with E-state index in [9.17, 15) is 0 Å². The maximum absolute atomic E-state index is 6.44. The zero-order chi connectivity index (χ0) is 36.5. The Kier molecular flexibility index (Phi) is 6.04. The number of nitrogens with zero attached hydrogens (tertiary/aromatic N) is 2. The molecule has 0 unspecified atom stereocenters. The van der Waals surface area contributed by atoms with Crippen LogP contribution in [0.3, 0.4) is 0 Å². The van der Waals surface area contributed by atoms with Crippen molar-refractivity contribution in [3.63, 3.8) is 0 Å². The highest BCUT2D eigenvalue weighted by Gasteiger charge is 2.18. The van der Waals surface area contributed by atoms with Crippen LogP contribution >= 0.6 is 11.3 Å². The molecule has 0 saturated carbocycles. The van der Waals surface area contributed by atoms with Crippen molar-refractivity contribution in [2.75, 3.05) is 0 Å². The third-order valence-corrected chi connectivity index (χ3v) is 13.1. The molecule has 0 aliphatic rings. The second kappa shape index (κ2) is 11.2. The van der Waals surface area contributed by atoms with Crippen molar-refractivity contribution in [1.29, 1.82) is 0 Å². The van der Waals surface area contributed by atoms with E-state index in [0.29, 0.717) is 0 Å². The minimum Gasteiger partial charge on any atom is -0.455 e. The Morgan fingerprint density at radius 2 is 0.911 bits per heavy atom. The highest BCUT2D eigenvalue weighted by atomic mass is 32.1. The summed E-state index contributed by atoms with van der Waals surface area (Å²) in [4.78, 5) is 0. The predicted molar refractivity (Wildman–Crippen MR) is 238 cm³/mol. The molecule has 260 valence electrons. The van der Waals surface area contributed by atoms with Crippen molar-refractivity contribution in [2.24, 2.45) is 0 Å². The fourth-order valence-electron chi connectivity index (χ4n) is 9.32. The Hall–Kier alpha value is -7.14. The van der Waals surface area contributed by atoms with Crippen LogP contribution < -0.4 is 0 Å². The Morgan fingerprint density at radius 3 is 1.64 bits per heavy atom. The molecule has 0 fully saturated rings. The summed E-state index contributed by atoms with van der Waals surface area (Å²) in [6.07, 6.45) is 0. The molecule has 0 radical (unpaired) electrons. The van der Waals surface area contributed by atoms with E-state index in [1.807, 2.05) is 17.4 Å². The fourth-order valence-corrected chi connectivity index (χ4v) is 10.5. The molecule has 0 aliphatic carbocycles. The molecule has 0 saturated heterocycles. The largest absolute Gasteiger partial charge is 0.455 e. The maximum Gasteiger partial charge on any atom is 0.153 e. The topological polar surface area (TPSA) is 23.0 Å². The Balaban J connectivity index is 0.966. The predicted octanol–water partition coefficient (Wildman–Crippen LogP) is 15.0. The van der Waals surface area contributed by atoms with Crippen LogP contribution in [-0.2, 0) is 0 Å². The summed E-state index contributed by atoms with van der Waals surface area (Å²) < 4.78 is 13.7. The first-order valence-electron chi connectivity index (χ1n) is 19.1. The van der Waals surface area contributed by atoms with Gasteiger partial charge >= 0.3 is 0 Å². The highest BCUT2D eigenvalue weighted by molar-refractivity contribution is 7.26. The molecule has 0 atom stereocenters. The van der Waals surface area contributed by atoms with E-state index < -0.39 is 0 Å². The number of para-hydroxylation sites is 3. The molecule has 3 nitrogen and oxygen atoms in total. The Bertz CT molecular complexity index is 3780. The van der Waals surface area contributed by atoms with Crippen molar-refractivity contribution >= 4 is 108 Å². The second-order valence-corrected chi connectivity index (χ2v) is 16.0. The van der Waals surface area contributed by atoms with Crippen LogP contribution in [0.25, 0.3) is 119 Å². The van der Waals surface area contributed by atoms with Crippen LogP contribution in [0.15, 0.2) is 186 Å². The molecular weight excluding hydrogens is 701 g/mol. The number of furan rings is 1. The van der Waals surface area contributed by atoms with Gasteiger partial charge in [0.25, 0.3) is 0 Å². The molecule has 0 aliphatic heterocycles. The van der Waals surface area contributed by atoms with Gasteiger partial charge in [-0.05, 0) is 94.7 Å². The number of rotatable bonds is 3. The van der Waals surface area contributed by atoms with E-state index in [-0.39, 0.29) is 0 Å². The highest BCUT2D eigenvalue weighted by Crippen LogP contribution is 2.44. The first-order chi connectivity index (χ1) is 27.7. The Morgan fingerprint density at radius 1 is 0.357 bits per heavy atom. The summed E-state index contributed by atoms with van der Waals surface area (Å²) in [7, 11) is 0. The molecule has 0 bridgehead atoms. The van der Waals surface area contributed by atoms with E-state index in [1.54, 1.807) is 0 Å². The van der Waals surface area contributed by atoms with Gasteiger partial charge in [0.1, 0.15) is 5.58 Å². The van der Waals surface area contributed by atoms with Gasteiger partial charge < -0.3 is 13.6 Å². The SMILES string of the molecule is c1ccc2cc(-n3c4ccccc4c4cc(-c5ccc6c(c5)c5ccccc5n6-c5ccc6c(c5)sc5c6ccc6c7ccccc7oc65)ccc43)ccc2c1. The quantitative estimate of drug-likeness (QED) is 0.177. The van der Waals surface area contributed by atoms with E-state index in [4.69, 9.17) is 4.42 Å². The average Bonchev–Trinajstić information content (AvgIpc) is 4.00. The number of benzene rings is 9. The third-order valence-electron chi connectivity index (χ3n) is 11.9. The average molecular weight is 731 g/mol. The monoisotopic (exact) mass is 730 g/mol. The first-order valence-corrected chi connectivity index (χ1v) is 19.9. The van der Waals surface area contributed by atoms with E-state index in [2.05, 4.69) is 185 Å². The van der Waals surface area contributed by atoms with Crippen molar-refractivity contribution < 1.29 is 4.42 Å². The van der Waals surface area contributed by atoms with Gasteiger partial charge in [0, 0.05) is 59.2 Å².